The molecule has 0 radical (unpaired) electrons. The van der Waals surface area contributed by atoms with Crippen molar-refractivity contribution in [1.29, 1.82) is 0 Å². The first-order chi connectivity index (χ1) is 12.5. The molecule has 1 fully saturated rings. The van der Waals surface area contributed by atoms with Crippen LogP contribution in [0.25, 0.3) is 11.0 Å². The molecule has 0 bridgehead atoms. The van der Waals surface area contributed by atoms with E-state index < -0.39 is 11.9 Å². The van der Waals surface area contributed by atoms with E-state index in [1.807, 2.05) is 12.1 Å². The zero-order valence-corrected chi connectivity index (χ0v) is 14.6. The Kier molecular flexibility index (Phi) is 5.24. The van der Waals surface area contributed by atoms with E-state index in [-0.39, 0.29) is 24.6 Å². The summed E-state index contributed by atoms with van der Waals surface area (Å²) in [4.78, 5) is 36.2. The second-order valence-corrected chi connectivity index (χ2v) is 6.36. The minimum Gasteiger partial charge on any atom is -0.396 e. The number of imide groups is 1. The number of imidazole rings is 1. The van der Waals surface area contributed by atoms with Crippen molar-refractivity contribution < 1.29 is 14.7 Å². The SMILES string of the molecule is Cn1c(=O)n(C2CCC(=O)NC2=O)c2ccc(C#CCCCCO)cc21. The Balaban J connectivity index is 1.95. The lowest BCUT2D eigenvalue weighted by Crippen LogP contribution is -2.44. The van der Waals surface area contributed by atoms with Crippen molar-refractivity contribution in [3.05, 3.63) is 34.2 Å². The second kappa shape index (κ2) is 7.58. The first-order valence-corrected chi connectivity index (χ1v) is 8.67. The number of carbonyl (C=O) groups excluding carboxylic acids is 2. The molecule has 2 N–H and O–H groups in total. The fourth-order valence-corrected chi connectivity index (χ4v) is 3.16. The summed E-state index contributed by atoms with van der Waals surface area (Å²) in [7, 11) is 1.66. The highest BCUT2D eigenvalue weighted by atomic mass is 16.3. The van der Waals surface area contributed by atoms with Crippen LogP contribution in [0, 0.1) is 11.8 Å². The van der Waals surface area contributed by atoms with E-state index in [1.165, 1.54) is 9.13 Å². The van der Waals surface area contributed by atoms with Crippen molar-refractivity contribution >= 4 is 22.8 Å². The highest BCUT2D eigenvalue weighted by Crippen LogP contribution is 2.23. The Labute approximate surface area is 150 Å². The van der Waals surface area contributed by atoms with Crippen LogP contribution in [0.5, 0.6) is 0 Å². The number of nitrogens with zero attached hydrogens (tertiary/aromatic N) is 2. The van der Waals surface area contributed by atoms with Gasteiger partial charge < -0.3 is 5.11 Å². The molecule has 26 heavy (non-hydrogen) atoms. The minimum absolute atomic E-state index is 0.170. The fourth-order valence-electron chi connectivity index (χ4n) is 3.16. The van der Waals surface area contributed by atoms with Gasteiger partial charge in [-0.1, -0.05) is 11.8 Å². The van der Waals surface area contributed by atoms with Gasteiger partial charge in [-0.2, -0.15) is 0 Å². The number of aliphatic hydroxyl groups excluding tert-OH is 1. The van der Waals surface area contributed by atoms with Gasteiger partial charge in [0.2, 0.25) is 11.8 Å². The molecule has 1 aromatic heterocycles. The Bertz CT molecular complexity index is 974. The molecular formula is C19H21N3O4. The molecule has 7 nitrogen and oxygen atoms in total. The third-order valence-corrected chi connectivity index (χ3v) is 4.55. The van der Waals surface area contributed by atoms with Crippen LogP contribution in [0.1, 0.15) is 43.7 Å². The largest absolute Gasteiger partial charge is 0.396 e. The predicted molar refractivity (Wildman–Crippen MR) is 96.4 cm³/mol. The van der Waals surface area contributed by atoms with Crippen LogP contribution >= 0.6 is 0 Å². The number of hydrogen-bond donors (Lipinski definition) is 2. The maximum absolute atomic E-state index is 12.7. The zero-order valence-electron chi connectivity index (χ0n) is 14.6. The van der Waals surface area contributed by atoms with E-state index in [9.17, 15) is 14.4 Å². The Hall–Kier alpha value is -2.85. The van der Waals surface area contributed by atoms with Crippen LogP contribution in [0.4, 0.5) is 0 Å². The monoisotopic (exact) mass is 355 g/mol. The predicted octanol–water partition coefficient (Wildman–Crippen LogP) is 0.832. The molecule has 1 atom stereocenters. The number of rotatable bonds is 4. The Morgan fingerprint density at radius 3 is 2.77 bits per heavy atom. The number of aromatic nitrogens is 2. The molecule has 0 saturated carbocycles. The molecule has 1 aliphatic heterocycles. The Morgan fingerprint density at radius 1 is 1.23 bits per heavy atom. The highest BCUT2D eigenvalue weighted by Gasteiger charge is 2.31. The van der Waals surface area contributed by atoms with Crippen molar-refractivity contribution in [3.63, 3.8) is 0 Å². The number of amides is 2. The number of benzene rings is 1. The van der Waals surface area contributed by atoms with Gasteiger partial charge in [0, 0.05) is 32.1 Å². The molecule has 1 aliphatic rings. The number of carbonyl (C=O) groups is 2. The summed E-state index contributed by atoms with van der Waals surface area (Å²) in [5.74, 6) is 5.38. The molecule has 2 heterocycles. The average molecular weight is 355 g/mol. The summed E-state index contributed by atoms with van der Waals surface area (Å²) in [5, 5.41) is 11.1. The van der Waals surface area contributed by atoms with Crippen molar-refractivity contribution in [2.75, 3.05) is 6.61 Å². The number of hydrogen-bond acceptors (Lipinski definition) is 4. The van der Waals surface area contributed by atoms with Crippen LogP contribution in [-0.2, 0) is 16.6 Å². The average Bonchev–Trinajstić information content (AvgIpc) is 2.86. The highest BCUT2D eigenvalue weighted by molar-refractivity contribution is 6.00. The molecule has 136 valence electrons. The van der Waals surface area contributed by atoms with E-state index in [1.54, 1.807) is 13.1 Å². The molecule has 3 rings (SSSR count). The summed E-state index contributed by atoms with van der Waals surface area (Å²) < 4.78 is 2.95. The quantitative estimate of drug-likeness (QED) is 0.483. The molecule has 1 saturated heterocycles. The van der Waals surface area contributed by atoms with Crippen molar-refractivity contribution in [2.24, 2.45) is 7.05 Å². The lowest BCUT2D eigenvalue weighted by Gasteiger charge is -2.21. The van der Waals surface area contributed by atoms with Gasteiger partial charge in [-0.15, -0.1) is 0 Å². The van der Waals surface area contributed by atoms with Gasteiger partial charge in [0.15, 0.2) is 0 Å². The van der Waals surface area contributed by atoms with Gasteiger partial charge in [0.25, 0.3) is 0 Å². The van der Waals surface area contributed by atoms with Gasteiger partial charge in [-0.3, -0.25) is 24.0 Å². The van der Waals surface area contributed by atoms with Crippen molar-refractivity contribution in [2.45, 2.75) is 38.1 Å². The summed E-state index contributed by atoms with van der Waals surface area (Å²) in [6, 6.07) is 4.76. The van der Waals surface area contributed by atoms with E-state index in [4.69, 9.17) is 5.11 Å². The lowest BCUT2D eigenvalue weighted by atomic mass is 10.1. The third-order valence-electron chi connectivity index (χ3n) is 4.55. The molecular weight excluding hydrogens is 334 g/mol. The molecule has 1 unspecified atom stereocenters. The fraction of sp³-hybridized carbons (Fsp3) is 0.421. The molecule has 0 aliphatic carbocycles. The summed E-state index contributed by atoms with van der Waals surface area (Å²) >= 11 is 0. The van der Waals surface area contributed by atoms with E-state index in [2.05, 4.69) is 17.2 Å². The maximum Gasteiger partial charge on any atom is 0.329 e. The first kappa shape index (κ1) is 18.0. The molecule has 2 aromatic rings. The normalized spacial score (nSPS) is 17.1. The number of fused-ring (bicyclic) bond motifs is 1. The number of aliphatic hydroxyl groups is 1. The van der Waals surface area contributed by atoms with Gasteiger partial charge in [-0.25, -0.2) is 4.79 Å². The minimum atomic E-state index is -0.681. The maximum atomic E-state index is 12.7. The smallest absolute Gasteiger partial charge is 0.329 e. The second-order valence-electron chi connectivity index (χ2n) is 6.36. The molecule has 1 aromatic carbocycles. The number of unbranched alkanes of at least 4 members (excludes halogenated alkanes) is 2. The van der Waals surface area contributed by atoms with Crippen LogP contribution < -0.4 is 11.0 Å². The summed E-state index contributed by atoms with van der Waals surface area (Å²) in [6.45, 7) is 0.170. The van der Waals surface area contributed by atoms with Crippen LogP contribution in [0.3, 0.4) is 0 Å². The lowest BCUT2D eigenvalue weighted by molar-refractivity contribution is -0.135. The molecule has 0 spiro atoms. The zero-order chi connectivity index (χ0) is 18.7. The van der Waals surface area contributed by atoms with E-state index in [0.717, 1.165) is 18.4 Å². The third kappa shape index (κ3) is 3.41. The van der Waals surface area contributed by atoms with Crippen LogP contribution in [0.15, 0.2) is 23.0 Å². The van der Waals surface area contributed by atoms with Gasteiger partial charge in [0.1, 0.15) is 6.04 Å². The van der Waals surface area contributed by atoms with Crippen molar-refractivity contribution in [3.8, 4) is 11.8 Å². The van der Waals surface area contributed by atoms with Gasteiger partial charge in [-0.05, 0) is 37.5 Å². The van der Waals surface area contributed by atoms with E-state index >= 15 is 0 Å². The molecule has 7 heteroatoms. The summed E-state index contributed by atoms with van der Waals surface area (Å²) in [5.41, 5.74) is 1.85. The van der Waals surface area contributed by atoms with Crippen LogP contribution in [-0.4, -0.2) is 32.7 Å². The van der Waals surface area contributed by atoms with E-state index in [0.29, 0.717) is 23.9 Å². The number of aryl methyl sites for hydroxylation is 1. The van der Waals surface area contributed by atoms with Gasteiger partial charge >= 0.3 is 5.69 Å². The standard InChI is InChI=1S/C19H21N3O4/c1-21-16-12-13(6-4-2-3-5-11-23)7-8-14(16)22(19(21)26)15-9-10-17(24)20-18(15)25/h7-8,12,15,23H,2-3,5,9-11H2,1H3,(H,20,24,25). The first-order valence-electron chi connectivity index (χ1n) is 8.67. The van der Waals surface area contributed by atoms with Crippen LogP contribution in [0.2, 0.25) is 0 Å². The Morgan fingerprint density at radius 2 is 2.04 bits per heavy atom. The van der Waals surface area contributed by atoms with Gasteiger partial charge in [0.05, 0.1) is 11.0 Å². The summed E-state index contributed by atoms with van der Waals surface area (Å²) in [6.07, 6.45) is 2.81. The number of piperidine rings is 1. The topological polar surface area (TPSA) is 93.3 Å². The number of nitrogens with one attached hydrogen (secondary N) is 1. The van der Waals surface area contributed by atoms with Crippen molar-refractivity contribution in [1.82, 2.24) is 14.5 Å². The molecule has 2 amide bonds.